The van der Waals surface area contributed by atoms with Crippen molar-refractivity contribution < 1.29 is 14.3 Å². The van der Waals surface area contributed by atoms with Gasteiger partial charge in [-0.25, -0.2) is 0 Å². The van der Waals surface area contributed by atoms with Crippen molar-refractivity contribution in [2.24, 2.45) is 7.05 Å². The van der Waals surface area contributed by atoms with Gasteiger partial charge in [0.05, 0.1) is 12.5 Å². The summed E-state index contributed by atoms with van der Waals surface area (Å²) in [6.07, 6.45) is 2.11. The molecule has 2 aromatic rings. The Morgan fingerprint density at radius 2 is 2.04 bits per heavy atom. The zero-order valence-electron chi connectivity index (χ0n) is 16.9. The van der Waals surface area contributed by atoms with Gasteiger partial charge in [0.2, 0.25) is 11.8 Å². The van der Waals surface area contributed by atoms with Crippen LogP contribution in [0.1, 0.15) is 28.3 Å². The molecule has 1 fully saturated rings. The van der Waals surface area contributed by atoms with Crippen LogP contribution in [0.2, 0.25) is 0 Å². The smallest absolute Gasteiger partial charge is 0.246 e. The van der Waals surface area contributed by atoms with Crippen LogP contribution in [0.4, 0.5) is 0 Å². The highest BCUT2D eigenvalue weighted by molar-refractivity contribution is 5.81. The third-order valence-electron chi connectivity index (χ3n) is 5.38. The molecule has 2 heterocycles. The first-order chi connectivity index (χ1) is 13.4. The van der Waals surface area contributed by atoms with Crippen LogP contribution >= 0.6 is 0 Å². The van der Waals surface area contributed by atoms with Crippen molar-refractivity contribution in [1.82, 2.24) is 20.0 Å². The van der Waals surface area contributed by atoms with Crippen LogP contribution in [0.25, 0.3) is 0 Å². The van der Waals surface area contributed by atoms with E-state index in [4.69, 9.17) is 4.74 Å². The summed E-state index contributed by atoms with van der Waals surface area (Å²) in [6, 6.07) is 7.95. The maximum Gasteiger partial charge on any atom is 0.246 e. The molecule has 7 heteroatoms. The number of carbonyl (C=O) groups excluding carboxylic acids is 2. The van der Waals surface area contributed by atoms with Crippen molar-refractivity contribution >= 4 is 11.8 Å². The van der Waals surface area contributed by atoms with Crippen LogP contribution in [-0.4, -0.2) is 59.3 Å². The summed E-state index contributed by atoms with van der Waals surface area (Å²) in [5.41, 5.74) is 4.32. The van der Waals surface area contributed by atoms with Crippen molar-refractivity contribution in [1.29, 1.82) is 0 Å². The standard InChI is InChI=1S/C21H28N4O3/c1-14-5-6-15(2)16(9-14)10-21(27)25-11-17(19-7-8-22-24(19)3)18(12-25)23-20(26)13-28-4/h5-9,17-18H,10-13H2,1-4H3,(H,23,26)/t17-,18-/m1/s1. The van der Waals surface area contributed by atoms with Gasteiger partial charge in [-0.15, -0.1) is 0 Å². The van der Waals surface area contributed by atoms with E-state index in [0.717, 1.165) is 22.4 Å². The molecule has 2 atom stereocenters. The van der Waals surface area contributed by atoms with Crippen molar-refractivity contribution in [2.45, 2.75) is 32.2 Å². The molecule has 1 aliphatic rings. The van der Waals surface area contributed by atoms with Crippen molar-refractivity contribution in [3.8, 4) is 0 Å². The van der Waals surface area contributed by atoms with Crippen molar-refractivity contribution in [3.05, 3.63) is 52.8 Å². The highest BCUT2D eigenvalue weighted by atomic mass is 16.5. The van der Waals surface area contributed by atoms with Crippen molar-refractivity contribution in [2.75, 3.05) is 26.8 Å². The van der Waals surface area contributed by atoms with Gasteiger partial charge < -0.3 is 15.0 Å². The molecule has 0 radical (unpaired) electrons. The monoisotopic (exact) mass is 384 g/mol. The molecule has 150 valence electrons. The van der Waals surface area contributed by atoms with Crippen LogP contribution in [0.3, 0.4) is 0 Å². The minimum Gasteiger partial charge on any atom is -0.375 e. The summed E-state index contributed by atoms with van der Waals surface area (Å²) in [5.74, 6) is -0.108. The van der Waals surface area contributed by atoms with Gasteiger partial charge in [-0.2, -0.15) is 5.10 Å². The highest BCUT2D eigenvalue weighted by Gasteiger charge is 2.38. The Balaban J connectivity index is 1.77. The molecule has 0 spiro atoms. The molecule has 1 aromatic heterocycles. The van der Waals surface area contributed by atoms with Crippen molar-refractivity contribution in [3.63, 3.8) is 0 Å². The molecule has 1 aromatic carbocycles. The first kappa shape index (κ1) is 20.1. The lowest BCUT2D eigenvalue weighted by Crippen LogP contribution is -2.42. The molecule has 0 aliphatic carbocycles. The average Bonchev–Trinajstić information content (AvgIpc) is 3.24. The van der Waals surface area contributed by atoms with E-state index in [1.54, 1.807) is 10.9 Å². The molecule has 1 saturated heterocycles. The second kappa shape index (κ2) is 8.56. The zero-order chi connectivity index (χ0) is 20.3. The van der Waals surface area contributed by atoms with Gasteiger partial charge in [-0.1, -0.05) is 23.8 Å². The number of benzene rings is 1. The molecule has 0 bridgehead atoms. The Kier molecular flexibility index (Phi) is 6.14. The van der Waals surface area contributed by atoms with E-state index in [1.807, 2.05) is 37.9 Å². The number of ether oxygens (including phenoxy) is 1. The van der Waals surface area contributed by atoms with E-state index in [-0.39, 0.29) is 30.4 Å². The number of likely N-dealkylation sites (tertiary alicyclic amines) is 1. The van der Waals surface area contributed by atoms with Crippen LogP contribution in [0, 0.1) is 13.8 Å². The number of hydrogen-bond donors (Lipinski definition) is 1. The van der Waals surface area contributed by atoms with E-state index >= 15 is 0 Å². The summed E-state index contributed by atoms with van der Waals surface area (Å²) in [4.78, 5) is 26.9. The topological polar surface area (TPSA) is 76.5 Å². The fourth-order valence-corrected chi connectivity index (χ4v) is 3.85. The maximum absolute atomic E-state index is 13.0. The second-order valence-electron chi connectivity index (χ2n) is 7.50. The van der Waals surface area contributed by atoms with Gasteiger partial charge in [0.25, 0.3) is 0 Å². The number of aromatic nitrogens is 2. The summed E-state index contributed by atoms with van der Waals surface area (Å²) >= 11 is 0. The average molecular weight is 384 g/mol. The van der Waals surface area contributed by atoms with Crippen LogP contribution in [-0.2, 0) is 27.8 Å². The minimum atomic E-state index is -0.177. The zero-order valence-corrected chi connectivity index (χ0v) is 16.9. The van der Waals surface area contributed by atoms with Gasteiger partial charge in [0, 0.05) is 45.1 Å². The third kappa shape index (κ3) is 4.42. The van der Waals surface area contributed by atoms with E-state index in [2.05, 4.69) is 22.5 Å². The number of hydrogen-bond acceptors (Lipinski definition) is 4. The number of rotatable bonds is 6. The van der Waals surface area contributed by atoms with Gasteiger partial charge in [-0.05, 0) is 31.0 Å². The largest absolute Gasteiger partial charge is 0.375 e. The minimum absolute atomic E-state index is 0.00383. The summed E-state index contributed by atoms with van der Waals surface area (Å²) < 4.78 is 6.74. The lowest BCUT2D eigenvalue weighted by atomic mass is 9.99. The Hall–Kier alpha value is -2.67. The molecule has 1 aliphatic heterocycles. The van der Waals surface area contributed by atoms with Crippen LogP contribution in [0.5, 0.6) is 0 Å². The Bertz CT molecular complexity index is 861. The van der Waals surface area contributed by atoms with E-state index in [9.17, 15) is 9.59 Å². The lowest BCUT2D eigenvalue weighted by Gasteiger charge is -2.19. The molecule has 2 amide bonds. The Morgan fingerprint density at radius 3 is 2.71 bits per heavy atom. The summed E-state index contributed by atoms with van der Waals surface area (Å²) in [7, 11) is 3.37. The summed E-state index contributed by atoms with van der Waals surface area (Å²) in [5, 5.41) is 7.26. The van der Waals surface area contributed by atoms with E-state index in [1.165, 1.54) is 7.11 Å². The molecule has 1 N–H and O–H groups in total. The number of nitrogens with zero attached hydrogens (tertiary/aromatic N) is 3. The predicted octanol–water partition coefficient (Wildman–Crippen LogP) is 1.34. The molecular weight excluding hydrogens is 356 g/mol. The number of amides is 2. The normalized spacial score (nSPS) is 19.1. The molecule has 0 saturated carbocycles. The number of aryl methyl sites for hydroxylation is 3. The lowest BCUT2D eigenvalue weighted by molar-refractivity contribution is -0.130. The maximum atomic E-state index is 13.0. The highest BCUT2D eigenvalue weighted by Crippen LogP contribution is 2.28. The Morgan fingerprint density at radius 1 is 1.25 bits per heavy atom. The summed E-state index contributed by atoms with van der Waals surface area (Å²) in [6.45, 7) is 5.10. The van der Waals surface area contributed by atoms with Gasteiger partial charge >= 0.3 is 0 Å². The van der Waals surface area contributed by atoms with Crippen LogP contribution in [0.15, 0.2) is 30.5 Å². The van der Waals surface area contributed by atoms with E-state index < -0.39 is 0 Å². The van der Waals surface area contributed by atoms with Gasteiger partial charge in [0.1, 0.15) is 6.61 Å². The third-order valence-corrected chi connectivity index (χ3v) is 5.38. The first-order valence-corrected chi connectivity index (χ1v) is 9.49. The molecule has 28 heavy (non-hydrogen) atoms. The number of methoxy groups -OCH3 is 1. The number of nitrogens with one attached hydrogen (secondary N) is 1. The fourth-order valence-electron chi connectivity index (χ4n) is 3.85. The van der Waals surface area contributed by atoms with Gasteiger partial charge in [-0.3, -0.25) is 14.3 Å². The van der Waals surface area contributed by atoms with Gasteiger partial charge in [0.15, 0.2) is 0 Å². The fraction of sp³-hybridized carbons (Fsp3) is 0.476. The van der Waals surface area contributed by atoms with Crippen LogP contribution < -0.4 is 5.32 Å². The second-order valence-corrected chi connectivity index (χ2v) is 7.50. The van der Waals surface area contributed by atoms with E-state index in [0.29, 0.717) is 19.5 Å². The number of carbonyl (C=O) groups is 2. The quantitative estimate of drug-likeness (QED) is 0.815. The molecule has 7 nitrogen and oxygen atoms in total. The SMILES string of the molecule is COCC(=O)N[C@@H]1CN(C(=O)Cc2cc(C)ccc2C)C[C@H]1c1ccnn1C. The Labute approximate surface area is 165 Å². The molecule has 3 rings (SSSR count). The first-order valence-electron chi connectivity index (χ1n) is 9.49. The molecular formula is C21H28N4O3. The predicted molar refractivity (Wildman–Crippen MR) is 106 cm³/mol. The molecule has 0 unspecified atom stereocenters.